The molecule has 0 bridgehead atoms. The van der Waals surface area contributed by atoms with E-state index in [0.717, 1.165) is 10.9 Å². The summed E-state index contributed by atoms with van der Waals surface area (Å²) >= 11 is 0. The summed E-state index contributed by atoms with van der Waals surface area (Å²) in [5.74, 6) is -2.10. The molecule has 2 unspecified atom stereocenters. The predicted octanol–water partition coefficient (Wildman–Crippen LogP) is 1.67. The number of carbonyl (C=O) groups excluding carboxylic acids is 2. The van der Waals surface area contributed by atoms with E-state index in [-0.39, 0.29) is 19.1 Å². The lowest BCUT2D eigenvalue weighted by Crippen LogP contribution is -2.76. The average molecular weight is 387 g/mol. The number of ether oxygens (including phenoxy) is 1. The largest absolute Gasteiger partial charge is 0.479 e. The minimum absolute atomic E-state index is 0.185. The first-order valence-corrected chi connectivity index (χ1v) is 9.23. The Kier molecular flexibility index (Phi) is 5.16. The van der Waals surface area contributed by atoms with Gasteiger partial charge in [0.15, 0.2) is 0 Å². The summed E-state index contributed by atoms with van der Waals surface area (Å²) in [7, 11) is 0. The zero-order chi connectivity index (χ0) is 20.5. The summed E-state index contributed by atoms with van der Waals surface area (Å²) < 4.78 is 5.58. The molecule has 1 saturated carbocycles. The third-order valence-electron chi connectivity index (χ3n) is 5.67. The predicted molar refractivity (Wildman–Crippen MR) is 103 cm³/mol. The van der Waals surface area contributed by atoms with Crippen molar-refractivity contribution in [2.75, 3.05) is 13.2 Å². The van der Waals surface area contributed by atoms with E-state index in [0.29, 0.717) is 12.3 Å². The SMILES string of the molecule is CCOC1CC(NC(=O)CNC(=O)c2cc3ccccc3[nH]2)(C(=O)O)C1(C)C. The van der Waals surface area contributed by atoms with Gasteiger partial charge in [-0.05, 0) is 19.1 Å². The average Bonchev–Trinajstić information content (AvgIpc) is 3.09. The Balaban J connectivity index is 1.62. The number of H-pyrrole nitrogens is 1. The second-order valence-electron chi connectivity index (χ2n) is 7.58. The van der Waals surface area contributed by atoms with E-state index in [1.54, 1.807) is 19.9 Å². The van der Waals surface area contributed by atoms with Crippen LogP contribution in [0, 0.1) is 5.41 Å². The van der Waals surface area contributed by atoms with Gasteiger partial charge in [-0.1, -0.05) is 32.0 Å². The molecule has 150 valence electrons. The fourth-order valence-electron chi connectivity index (χ4n) is 3.77. The molecule has 4 N–H and O–H groups in total. The molecule has 1 fully saturated rings. The Hall–Kier alpha value is -2.87. The Morgan fingerprint density at radius 3 is 2.61 bits per heavy atom. The van der Waals surface area contributed by atoms with Gasteiger partial charge in [0.1, 0.15) is 11.2 Å². The highest BCUT2D eigenvalue weighted by molar-refractivity contribution is 6.00. The summed E-state index contributed by atoms with van der Waals surface area (Å²) in [5, 5.41) is 15.7. The summed E-state index contributed by atoms with van der Waals surface area (Å²) in [6.45, 7) is 5.51. The first-order valence-electron chi connectivity index (χ1n) is 9.23. The second kappa shape index (κ2) is 7.27. The van der Waals surface area contributed by atoms with Gasteiger partial charge in [0.25, 0.3) is 5.91 Å². The molecule has 0 aliphatic heterocycles. The van der Waals surface area contributed by atoms with Gasteiger partial charge in [-0.2, -0.15) is 0 Å². The molecule has 1 aliphatic rings. The number of carboxylic acid groups (broad SMARTS) is 1. The third-order valence-corrected chi connectivity index (χ3v) is 5.67. The molecule has 1 aromatic carbocycles. The third kappa shape index (κ3) is 3.24. The number of aliphatic carboxylic acids is 1. The lowest BCUT2D eigenvalue weighted by Gasteiger charge is -2.58. The van der Waals surface area contributed by atoms with Gasteiger partial charge in [0, 0.05) is 29.3 Å². The van der Waals surface area contributed by atoms with Crippen LogP contribution in [-0.2, 0) is 14.3 Å². The molecule has 0 radical (unpaired) electrons. The van der Waals surface area contributed by atoms with Crippen molar-refractivity contribution in [1.29, 1.82) is 0 Å². The summed E-state index contributed by atoms with van der Waals surface area (Å²) in [5.41, 5.74) is -1.04. The maximum Gasteiger partial charge on any atom is 0.330 e. The van der Waals surface area contributed by atoms with Crippen LogP contribution in [0.1, 0.15) is 37.7 Å². The van der Waals surface area contributed by atoms with Crippen molar-refractivity contribution in [3.8, 4) is 0 Å². The lowest BCUT2D eigenvalue weighted by atomic mass is 9.54. The van der Waals surface area contributed by atoms with E-state index >= 15 is 0 Å². The molecule has 1 heterocycles. The fourth-order valence-corrected chi connectivity index (χ4v) is 3.77. The lowest BCUT2D eigenvalue weighted by molar-refractivity contribution is -0.194. The molecule has 8 nitrogen and oxygen atoms in total. The monoisotopic (exact) mass is 387 g/mol. The highest BCUT2D eigenvalue weighted by Crippen LogP contribution is 2.51. The van der Waals surface area contributed by atoms with Gasteiger partial charge in [-0.3, -0.25) is 9.59 Å². The van der Waals surface area contributed by atoms with Crippen LogP contribution in [0.15, 0.2) is 30.3 Å². The molecule has 28 heavy (non-hydrogen) atoms. The van der Waals surface area contributed by atoms with Crippen LogP contribution in [0.5, 0.6) is 0 Å². The fraction of sp³-hybridized carbons (Fsp3) is 0.450. The number of aromatic amines is 1. The van der Waals surface area contributed by atoms with Crippen LogP contribution in [0.25, 0.3) is 10.9 Å². The molecule has 0 saturated heterocycles. The minimum atomic E-state index is -1.42. The zero-order valence-electron chi connectivity index (χ0n) is 16.2. The Morgan fingerprint density at radius 2 is 2.00 bits per heavy atom. The van der Waals surface area contributed by atoms with Gasteiger partial charge < -0.3 is 25.5 Å². The van der Waals surface area contributed by atoms with E-state index in [1.807, 2.05) is 31.2 Å². The van der Waals surface area contributed by atoms with Crippen LogP contribution in [0.4, 0.5) is 0 Å². The Bertz CT molecular complexity index is 886. The van der Waals surface area contributed by atoms with Crippen LogP contribution in [0.2, 0.25) is 0 Å². The molecular formula is C20H25N3O5. The van der Waals surface area contributed by atoms with Crippen LogP contribution < -0.4 is 10.6 Å². The number of carbonyl (C=O) groups is 3. The molecule has 1 aromatic heterocycles. The van der Waals surface area contributed by atoms with Crippen molar-refractivity contribution in [3.05, 3.63) is 36.0 Å². The molecule has 3 rings (SSSR count). The van der Waals surface area contributed by atoms with Crippen molar-refractivity contribution < 1.29 is 24.2 Å². The van der Waals surface area contributed by atoms with Crippen molar-refractivity contribution in [1.82, 2.24) is 15.6 Å². The number of benzene rings is 1. The summed E-state index contributed by atoms with van der Waals surface area (Å²) in [6, 6.07) is 9.15. The number of rotatable bonds is 7. The number of fused-ring (bicyclic) bond motifs is 1. The van der Waals surface area contributed by atoms with E-state index < -0.39 is 28.7 Å². The van der Waals surface area contributed by atoms with Crippen LogP contribution in [-0.4, -0.2) is 52.7 Å². The molecule has 1 aliphatic carbocycles. The van der Waals surface area contributed by atoms with Gasteiger partial charge in [-0.15, -0.1) is 0 Å². The quantitative estimate of drug-likeness (QED) is 0.576. The molecule has 2 aromatic rings. The van der Waals surface area contributed by atoms with Crippen LogP contribution in [0.3, 0.4) is 0 Å². The van der Waals surface area contributed by atoms with Crippen molar-refractivity contribution in [3.63, 3.8) is 0 Å². The normalized spacial score (nSPS) is 23.0. The van der Waals surface area contributed by atoms with Gasteiger partial charge in [0.2, 0.25) is 5.91 Å². The van der Waals surface area contributed by atoms with E-state index in [9.17, 15) is 19.5 Å². The Morgan fingerprint density at radius 1 is 1.29 bits per heavy atom. The number of hydrogen-bond donors (Lipinski definition) is 4. The zero-order valence-corrected chi connectivity index (χ0v) is 16.2. The molecule has 2 amide bonds. The second-order valence-corrected chi connectivity index (χ2v) is 7.58. The highest BCUT2D eigenvalue weighted by Gasteiger charge is 2.66. The number of carboxylic acids is 1. The number of para-hydroxylation sites is 1. The van der Waals surface area contributed by atoms with E-state index in [2.05, 4.69) is 15.6 Å². The van der Waals surface area contributed by atoms with Crippen molar-refractivity contribution in [2.45, 2.75) is 38.8 Å². The first-order chi connectivity index (χ1) is 13.2. The maximum atomic E-state index is 12.4. The highest BCUT2D eigenvalue weighted by atomic mass is 16.5. The minimum Gasteiger partial charge on any atom is -0.479 e. The summed E-state index contributed by atoms with van der Waals surface area (Å²) in [6.07, 6.45) is -0.0694. The first kappa shape index (κ1) is 19.9. The number of nitrogens with one attached hydrogen (secondary N) is 3. The number of aromatic nitrogens is 1. The van der Waals surface area contributed by atoms with Gasteiger partial charge >= 0.3 is 5.97 Å². The molecule has 0 spiro atoms. The molecule has 8 heteroatoms. The number of amides is 2. The van der Waals surface area contributed by atoms with E-state index in [4.69, 9.17) is 4.74 Å². The van der Waals surface area contributed by atoms with Gasteiger partial charge in [0.05, 0.1) is 12.6 Å². The number of hydrogen-bond acceptors (Lipinski definition) is 4. The summed E-state index contributed by atoms with van der Waals surface area (Å²) in [4.78, 5) is 39.6. The topological polar surface area (TPSA) is 121 Å². The van der Waals surface area contributed by atoms with Gasteiger partial charge in [-0.25, -0.2) is 4.79 Å². The smallest absolute Gasteiger partial charge is 0.330 e. The maximum absolute atomic E-state index is 12.4. The standard InChI is InChI=1S/C20H25N3O5/c1-4-28-15-10-20(18(26)27,19(15,2)3)23-16(24)11-21-17(25)14-9-12-7-5-6-8-13(12)22-14/h5-9,15,22H,4,10-11H2,1-3H3,(H,21,25)(H,23,24)(H,26,27). The molecular weight excluding hydrogens is 362 g/mol. The molecule has 2 atom stereocenters. The van der Waals surface area contributed by atoms with Crippen LogP contribution >= 0.6 is 0 Å². The van der Waals surface area contributed by atoms with Crippen molar-refractivity contribution in [2.24, 2.45) is 5.41 Å². The Labute approximate surface area is 162 Å². The van der Waals surface area contributed by atoms with E-state index in [1.165, 1.54) is 0 Å². The van der Waals surface area contributed by atoms with Crippen molar-refractivity contribution >= 4 is 28.7 Å².